The first-order valence-electron chi connectivity index (χ1n) is 8.85. The average Bonchev–Trinajstić information content (AvgIpc) is 3.37. The lowest BCUT2D eigenvalue weighted by Gasteiger charge is -2.08. The third-order valence-corrected chi connectivity index (χ3v) is 4.88. The summed E-state index contributed by atoms with van der Waals surface area (Å²) in [6, 6.07) is 6.78. The highest BCUT2D eigenvalue weighted by Crippen LogP contribution is 2.33. The normalized spacial score (nSPS) is 12.0. The van der Waals surface area contributed by atoms with Gasteiger partial charge in [0.15, 0.2) is 11.5 Å². The molecule has 6 nitrogen and oxygen atoms in total. The SMILES string of the molecule is Cc1cc(C(=O)Cn2nc(C(F)(F)F)c3cnccc32)c(C)n1Cc1ccco1. The van der Waals surface area contributed by atoms with Gasteiger partial charge in [0.1, 0.15) is 12.3 Å². The summed E-state index contributed by atoms with van der Waals surface area (Å²) in [5, 5.41) is 3.53. The van der Waals surface area contributed by atoms with Crippen molar-refractivity contribution < 1.29 is 22.4 Å². The molecule has 0 atom stereocenters. The van der Waals surface area contributed by atoms with Crippen LogP contribution in [0.5, 0.6) is 0 Å². The largest absolute Gasteiger partial charge is 0.467 e. The van der Waals surface area contributed by atoms with Crippen molar-refractivity contribution in [1.82, 2.24) is 19.3 Å². The lowest BCUT2D eigenvalue weighted by molar-refractivity contribution is -0.140. The second-order valence-corrected chi connectivity index (χ2v) is 6.77. The molecule has 0 aliphatic heterocycles. The van der Waals surface area contributed by atoms with E-state index in [1.807, 2.05) is 17.6 Å². The van der Waals surface area contributed by atoms with Gasteiger partial charge in [0, 0.05) is 29.3 Å². The van der Waals surface area contributed by atoms with Gasteiger partial charge in [-0.2, -0.15) is 18.3 Å². The first-order chi connectivity index (χ1) is 13.8. The first-order valence-corrected chi connectivity index (χ1v) is 8.85. The Morgan fingerprint density at radius 1 is 1.24 bits per heavy atom. The molecular weight excluding hydrogens is 385 g/mol. The molecule has 0 fully saturated rings. The number of hydrogen-bond acceptors (Lipinski definition) is 4. The van der Waals surface area contributed by atoms with Gasteiger partial charge in [-0.1, -0.05) is 0 Å². The molecule has 0 radical (unpaired) electrons. The molecule has 0 saturated carbocycles. The molecule has 0 aliphatic carbocycles. The van der Waals surface area contributed by atoms with Crippen molar-refractivity contribution in [1.29, 1.82) is 0 Å². The number of furan rings is 1. The maximum atomic E-state index is 13.3. The fraction of sp³-hybridized carbons (Fsp3) is 0.250. The molecule has 4 rings (SSSR count). The molecule has 0 unspecified atom stereocenters. The molecule has 4 heterocycles. The quantitative estimate of drug-likeness (QED) is 0.465. The van der Waals surface area contributed by atoms with E-state index in [0.29, 0.717) is 12.1 Å². The lowest BCUT2D eigenvalue weighted by Crippen LogP contribution is -2.14. The Hall–Kier alpha value is -3.36. The van der Waals surface area contributed by atoms with Crippen molar-refractivity contribution in [2.24, 2.45) is 0 Å². The van der Waals surface area contributed by atoms with E-state index in [1.165, 1.54) is 12.3 Å². The summed E-state index contributed by atoms with van der Waals surface area (Å²) in [5.41, 5.74) is 1.19. The van der Waals surface area contributed by atoms with Gasteiger partial charge in [-0.15, -0.1) is 0 Å². The number of aryl methyl sites for hydroxylation is 1. The van der Waals surface area contributed by atoms with E-state index in [0.717, 1.165) is 28.0 Å². The van der Waals surface area contributed by atoms with Crippen LogP contribution >= 0.6 is 0 Å². The minimum atomic E-state index is -4.63. The minimum Gasteiger partial charge on any atom is -0.467 e. The van der Waals surface area contributed by atoms with Crippen molar-refractivity contribution in [3.05, 3.63) is 71.3 Å². The van der Waals surface area contributed by atoms with Crippen LogP contribution in [-0.4, -0.2) is 25.1 Å². The fourth-order valence-electron chi connectivity index (χ4n) is 3.46. The van der Waals surface area contributed by atoms with Crippen LogP contribution in [0.4, 0.5) is 13.2 Å². The number of halogens is 3. The zero-order valence-electron chi connectivity index (χ0n) is 15.7. The van der Waals surface area contributed by atoms with Gasteiger partial charge in [0.05, 0.1) is 23.7 Å². The summed E-state index contributed by atoms with van der Waals surface area (Å²) in [5.74, 6) is 0.421. The Morgan fingerprint density at radius 3 is 2.72 bits per heavy atom. The molecule has 0 N–H and O–H groups in total. The standard InChI is InChI=1S/C20H17F3N4O2/c1-12-8-15(13(2)26(12)10-14-4-3-7-29-14)18(28)11-27-17-5-6-24-9-16(17)19(25-27)20(21,22)23/h3-9H,10-11H2,1-2H3. The molecule has 0 amide bonds. The Labute approximate surface area is 163 Å². The summed E-state index contributed by atoms with van der Waals surface area (Å²) in [6.07, 6.45) is -0.568. The summed E-state index contributed by atoms with van der Waals surface area (Å²) < 4.78 is 48.3. The van der Waals surface area contributed by atoms with E-state index in [9.17, 15) is 18.0 Å². The number of aromatic nitrogens is 4. The van der Waals surface area contributed by atoms with Crippen LogP contribution in [0.15, 0.2) is 47.3 Å². The maximum Gasteiger partial charge on any atom is 0.435 e. The smallest absolute Gasteiger partial charge is 0.435 e. The second-order valence-electron chi connectivity index (χ2n) is 6.77. The number of Topliss-reactive ketones (excluding diaryl/α,β-unsaturated/α-hetero) is 1. The fourth-order valence-corrected chi connectivity index (χ4v) is 3.46. The zero-order valence-corrected chi connectivity index (χ0v) is 15.7. The van der Waals surface area contributed by atoms with Gasteiger partial charge in [0.2, 0.25) is 0 Å². The molecule has 150 valence electrons. The third kappa shape index (κ3) is 3.43. The van der Waals surface area contributed by atoms with Crippen LogP contribution in [-0.2, 0) is 19.3 Å². The predicted octanol–water partition coefficient (Wildman–Crippen LogP) is 4.39. The van der Waals surface area contributed by atoms with Gasteiger partial charge in [-0.25, -0.2) is 0 Å². The van der Waals surface area contributed by atoms with E-state index in [2.05, 4.69) is 10.1 Å². The summed E-state index contributed by atoms with van der Waals surface area (Å²) in [4.78, 5) is 16.7. The number of carbonyl (C=O) groups excluding carboxylic acids is 1. The van der Waals surface area contributed by atoms with Crippen LogP contribution in [0.3, 0.4) is 0 Å². The lowest BCUT2D eigenvalue weighted by atomic mass is 10.1. The second kappa shape index (κ2) is 6.91. The van der Waals surface area contributed by atoms with Gasteiger partial charge in [-0.05, 0) is 38.1 Å². The summed E-state index contributed by atoms with van der Waals surface area (Å²) in [7, 11) is 0. The van der Waals surface area contributed by atoms with Crippen LogP contribution < -0.4 is 0 Å². The summed E-state index contributed by atoms with van der Waals surface area (Å²) >= 11 is 0. The average molecular weight is 402 g/mol. The Bertz CT molecular complexity index is 1190. The van der Waals surface area contributed by atoms with Gasteiger partial charge in [0.25, 0.3) is 0 Å². The number of nitrogens with zero attached hydrogens (tertiary/aromatic N) is 4. The van der Waals surface area contributed by atoms with Crippen LogP contribution in [0.25, 0.3) is 10.9 Å². The van der Waals surface area contributed by atoms with Crippen molar-refractivity contribution in [2.45, 2.75) is 33.1 Å². The maximum absolute atomic E-state index is 13.3. The van der Waals surface area contributed by atoms with E-state index >= 15 is 0 Å². The highest BCUT2D eigenvalue weighted by Gasteiger charge is 2.37. The third-order valence-electron chi connectivity index (χ3n) is 4.88. The molecule has 0 aliphatic rings. The van der Waals surface area contributed by atoms with Gasteiger partial charge in [-0.3, -0.25) is 14.5 Å². The molecule has 0 bridgehead atoms. The molecular formula is C20H17F3N4O2. The Kier molecular flexibility index (Phi) is 4.52. The topological polar surface area (TPSA) is 65.8 Å². The van der Waals surface area contributed by atoms with E-state index in [1.54, 1.807) is 25.3 Å². The highest BCUT2D eigenvalue weighted by molar-refractivity contribution is 5.98. The molecule has 0 aromatic carbocycles. The minimum absolute atomic E-state index is 0.129. The molecule has 29 heavy (non-hydrogen) atoms. The number of alkyl halides is 3. The molecule has 4 aromatic rings. The number of pyridine rings is 1. The molecule has 0 spiro atoms. The predicted molar refractivity (Wildman–Crippen MR) is 98.6 cm³/mol. The monoisotopic (exact) mass is 402 g/mol. The van der Waals surface area contributed by atoms with Gasteiger partial charge >= 0.3 is 6.18 Å². The number of carbonyl (C=O) groups is 1. The molecule has 4 aromatic heterocycles. The van der Waals surface area contributed by atoms with Crippen LogP contribution in [0.1, 0.15) is 33.2 Å². The first kappa shape index (κ1) is 19.0. The van der Waals surface area contributed by atoms with Gasteiger partial charge < -0.3 is 8.98 Å². The van der Waals surface area contributed by atoms with E-state index in [4.69, 9.17) is 4.42 Å². The van der Waals surface area contributed by atoms with E-state index < -0.39 is 11.9 Å². The summed E-state index contributed by atoms with van der Waals surface area (Å²) in [6.45, 7) is 3.83. The van der Waals surface area contributed by atoms with Crippen molar-refractivity contribution >= 4 is 16.7 Å². The number of rotatable bonds is 5. The zero-order chi connectivity index (χ0) is 20.8. The van der Waals surface area contributed by atoms with E-state index in [-0.39, 0.29) is 23.2 Å². The Balaban J connectivity index is 1.67. The molecule has 0 saturated heterocycles. The highest BCUT2D eigenvalue weighted by atomic mass is 19.4. The van der Waals surface area contributed by atoms with Crippen molar-refractivity contribution in [3.63, 3.8) is 0 Å². The number of ketones is 1. The Morgan fingerprint density at radius 2 is 2.03 bits per heavy atom. The number of fused-ring (bicyclic) bond motifs is 1. The van der Waals surface area contributed by atoms with Crippen LogP contribution in [0, 0.1) is 13.8 Å². The van der Waals surface area contributed by atoms with Crippen molar-refractivity contribution in [2.75, 3.05) is 0 Å². The van der Waals surface area contributed by atoms with Crippen LogP contribution in [0.2, 0.25) is 0 Å². The number of hydrogen-bond donors (Lipinski definition) is 0. The molecule has 9 heteroatoms. The van der Waals surface area contributed by atoms with Crippen molar-refractivity contribution in [3.8, 4) is 0 Å².